The standard InChI is InChI=1S/C21H22ClN3O2S/c22-18-7-2-1-5-16(18)13-24-10-9-23-20(24)15-25(14-17-6-3-11-27-17)21(26)19-8-4-12-28-19/h1-2,4-5,7-10,12,17H,3,6,11,13-15H2/t17-/m1/s1. The summed E-state index contributed by atoms with van der Waals surface area (Å²) in [6, 6.07) is 11.6. The summed E-state index contributed by atoms with van der Waals surface area (Å²) in [7, 11) is 0. The molecule has 28 heavy (non-hydrogen) atoms. The number of hydrogen-bond acceptors (Lipinski definition) is 4. The Balaban J connectivity index is 1.54. The molecule has 1 aliphatic heterocycles. The number of aromatic nitrogens is 2. The molecule has 0 spiro atoms. The van der Waals surface area contributed by atoms with E-state index < -0.39 is 0 Å². The van der Waals surface area contributed by atoms with Gasteiger partial charge in [0.15, 0.2) is 0 Å². The number of rotatable bonds is 7. The first kappa shape index (κ1) is 19.2. The third-order valence-electron chi connectivity index (χ3n) is 4.90. The van der Waals surface area contributed by atoms with Gasteiger partial charge in [0.1, 0.15) is 5.82 Å². The van der Waals surface area contributed by atoms with Crippen molar-refractivity contribution in [3.63, 3.8) is 0 Å². The minimum atomic E-state index is 0.0257. The Morgan fingerprint density at radius 1 is 1.32 bits per heavy atom. The Kier molecular flexibility index (Phi) is 6.10. The van der Waals surface area contributed by atoms with Gasteiger partial charge in [-0.1, -0.05) is 35.9 Å². The van der Waals surface area contributed by atoms with E-state index in [1.807, 2.05) is 57.4 Å². The Labute approximate surface area is 173 Å². The van der Waals surface area contributed by atoms with Gasteiger partial charge in [0, 0.05) is 30.6 Å². The Hall–Kier alpha value is -2.15. The van der Waals surface area contributed by atoms with Crippen LogP contribution in [0.25, 0.3) is 0 Å². The quantitative estimate of drug-likeness (QED) is 0.572. The molecule has 1 atom stereocenters. The van der Waals surface area contributed by atoms with Gasteiger partial charge in [-0.25, -0.2) is 4.98 Å². The van der Waals surface area contributed by atoms with E-state index in [1.54, 1.807) is 6.20 Å². The summed E-state index contributed by atoms with van der Waals surface area (Å²) >= 11 is 7.78. The molecule has 1 saturated heterocycles. The zero-order valence-corrected chi connectivity index (χ0v) is 17.0. The van der Waals surface area contributed by atoms with Crippen molar-refractivity contribution in [2.45, 2.75) is 32.0 Å². The normalized spacial score (nSPS) is 16.4. The molecule has 0 bridgehead atoms. The summed E-state index contributed by atoms with van der Waals surface area (Å²) < 4.78 is 7.82. The highest BCUT2D eigenvalue weighted by Crippen LogP contribution is 2.20. The maximum Gasteiger partial charge on any atom is 0.264 e. The van der Waals surface area contributed by atoms with E-state index in [-0.39, 0.29) is 12.0 Å². The molecule has 1 aliphatic rings. The van der Waals surface area contributed by atoms with Crippen LogP contribution < -0.4 is 0 Å². The Bertz CT molecular complexity index is 919. The highest BCUT2D eigenvalue weighted by Gasteiger charge is 2.25. The van der Waals surface area contributed by atoms with Gasteiger partial charge in [-0.05, 0) is 35.9 Å². The second-order valence-corrected chi connectivity index (χ2v) is 8.22. The van der Waals surface area contributed by atoms with Crippen LogP contribution in [0.2, 0.25) is 5.02 Å². The predicted molar refractivity (Wildman–Crippen MR) is 111 cm³/mol. The van der Waals surface area contributed by atoms with Crippen molar-refractivity contribution in [3.8, 4) is 0 Å². The molecule has 1 aromatic carbocycles. The van der Waals surface area contributed by atoms with Crippen molar-refractivity contribution in [3.05, 3.63) is 75.5 Å². The number of benzene rings is 1. The number of imidazole rings is 1. The second kappa shape index (κ2) is 8.90. The Morgan fingerprint density at radius 3 is 2.96 bits per heavy atom. The zero-order chi connectivity index (χ0) is 19.3. The molecule has 5 nitrogen and oxygen atoms in total. The lowest BCUT2D eigenvalue weighted by Gasteiger charge is -2.25. The fourth-order valence-corrected chi connectivity index (χ4v) is 4.31. The Morgan fingerprint density at radius 2 is 2.21 bits per heavy atom. The minimum Gasteiger partial charge on any atom is -0.376 e. The van der Waals surface area contributed by atoms with Gasteiger partial charge in [-0.2, -0.15) is 0 Å². The summed E-state index contributed by atoms with van der Waals surface area (Å²) in [4.78, 5) is 20.2. The monoisotopic (exact) mass is 415 g/mol. The van der Waals surface area contributed by atoms with Gasteiger partial charge in [-0.15, -0.1) is 11.3 Å². The molecule has 0 N–H and O–H groups in total. The van der Waals surface area contributed by atoms with Gasteiger partial charge in [0.25, 0.3) is 5.91 Å². The summed E-state index contributed by atoms with van der Waals surface area (Å²) in [6.07, 6.45) is 5.83. The van der Waals surface area contributed by atoms with Crippen LogP contribution in [0, 0.1) is 0 Å². The predicted octanol–water partition coefficient (Wildman–Crippen LogP) is 4.47. The summed E-state index contributed by atoms with van der Waals surface area (Å²) in [5.41, 5.74) is 1.03. The molecule has 2 aromatic heterocycles. The number of amides is 1. The highest BCUT2D eigenvalue weighted by atomic mass is 35.5. The van der Waals surface area contributed by atoms with Crippen LogP contribution in [0.4, 0.5) is 0 Å². The van der Waals surface area contributed by atoms with Crippen LogP contribution in [0.5, 0.6) is 0 Å². The first-order valence-electron chi connectivity index (χ1n) is 9.38. The number of halogens is 1. The van der Waals surface area contributed by atoms with Gasteiger partial charge < -0.3 is 14.2 Å². The molecule has 3 heterocycles. The van der Waals surface area contributed by atoms with E-state index in [1.165, 1.54) is 11.3 Å². The van der Waals surface area contributed by atoms with Crippen molar-refractivity contribution in [2.24, 2.45) is 0 Å². The van der Waals surface area contributed by atoms with Crippen LogP contribution in [0.15, 0.2) is 54.2 Å². The van der Waals surface area contributed by atoms with Crippen LogP contribution >= 0.6 is 22.9 Å². The van der Waals surface area contributed by atoms with Crippen molar-refractivity contribution < 1.29 is 9.53 Å². The molecule has 7 heteroatoms. The summed E-state index contributed by atoms with van der Waals surface area (Å²) in [6.45, 7) is 2.41. The number of carbonyl (C=O) groups excluding carboxylic acids is 1. The van der Waals surface area contributed by atoms with Crippen LogP contribution in [-0.2, 0) is 17.8 Å². The molecular weight excluding hydrogens is 394 g/mol. The molecule has 0 radical (unpaired) electrons. The summed E-state index contributed by atoms with van der Waals surface area (Å²) in [5.74, 6) is 0.862. The number of carbonyl (C=O) groups is 1. The number of hydrogen-bond donors (Lipinski definition) is 0. The first-order valence-corrected chi connectivity index (χ1v) is 10.6. The number of thiophene rings is 1. The van der Waals surface area contributed by atoms with Crippen molar-refractivity contribution >= 4 is 28.8 Å². The molecule has 0 saturated carbocycles. The molecular formula is C21H22ClN3O2S. The average Bonchev–Trinajstić information content (AvgIpc) is 3.46. The molecule has 146 valence electrons. The molecule has 0 unspecified atom stereocenters. The smallest absolute Gasteiger partial charge is 0.264 e. The van der Waals surface area contributed by atoms with E-state index in [0.717, 1.165) is 40.7 Å². The third kappa shape index (κ3) is 4.46. The lowest BCUT2D eigenvalue weighted by Crippen LogP contribution is -2.37. The van der Waals surface area contributed by atoms with Crippen molar-refractivity contribution in [1.82, 2.24) is 14.5 Å². The fourth-order valence-electron chi connectivity index (χ4n) is 3.43. The van der Waals surface area contributed by atoms with Gasteiger partial charge >= 0.3 is 0 Å². The van der Waals surface area contributed by atoms with E-state index in [2.05, 4.69) is 4.98 Å². The lowest BCUT2D eigenvalue weighted by atomic mass is 10.2. The molecule has 1 fully saturated rings. The lowest BCUT2D eigenvalue weighted by molar-refractivity contribution is 0.0502. The van der Waals surface area contributed by atoms with Crippen LogP contribution in [0.3, 0.4) is 0 Å². The number of ether oxygens (including phenoxy) is 1. The van der Waals surface area contributed by atoms with E-state index in [0.29, 0.717) is 19.6 Å². The second-order valence-electron chi connectivity index (χ2n) is 6.86. The first-order chi connectivity index (χ1) is 13.7. The van der Waals surface area contributed by atoms with Gasteiger partial charge in [0.05, 0.1) is 24.1 Å². The zero-order valence-electron chi connectivity index (χ0n) is 15.5. The van der Waals surface area contributed by atoms with E-state index >= 15 is 0 Å². The maximum atomic E-state index is 13.1. The molecule has 4 rings (SSSR count). The number of nitrogens with zero attached hydrogens (tertiary/aromatic N) is 3. The van der Waals surface area contributed by atoms with Crippen LogP contribution in [0.1, 0.15) is 33.9 Å². The molecule has 3 aromatic rings. The van der Waals surface area contributed by atoms with Gasteiger partial charge in [0.2, 0.25) is 0 Å². The van der Waals surface area contributed by atoms with E-state index in [4.69, 9.17) is 16.3 Å². The van der Waals surface area contributed by atoms with Crippen molar-refractivity contribution in [1.29, 1.82) is 0 Å². The molecule has 1 amide bonds. The summed E-state index contributed by atoms with van der Waals surface area (Å²) in [5, 5.41) is 2.66. The topological polar surface area (TPSA) is 47.4 Å². The highest BCUT2D eigenvalue weighted by molar-refractivity contribution is 7.12. The largest absolute Gasteiger partial charge is 0.376 e. The van der Waals surface area contributed by atoms with Crippen molar-refractivity contribution in [2.75, 3.05) is 13.2 Å². The molecule has 0 aliphatic carbocycles. The van der Waals surface area contributed by atoms with Gasteiger partial charge in [-0.3, -0.25) is 4.79 Å². The fraction of sp³-hybridized carbons (Fsp3) is 0.333. The van der Waals surface area contributed by atoms with Crippen LogP contribution in [-0.4, -0.2) is 39.6 Å². The maximum absolute atomic E-state index is 13.1. The average molecular weight is 416 g/mol. The third-order valence-corrected chi connectivity index (χ3v) is 6.13. The minimum absolute atomic E-state index is 0.0257. The SMILES string of the molecule is O=C(c1cccs1)N(Cc1nccn1Cc1ccccc1Cl)C[C@H]1CCCO1. The van der Waals surface area contributed by atoms with E-state index in [9.17, 15) is 4.79 Å².